The van der Waals surface area contributed by atoms with Crippen LogP contribution in [0.4, 0.5) is 17.5 Å². The van der Waals surface area contributed by atoms with E-state index in [1.165, 1.54) is 16.7 Å². The van der Waals surface area contributed by atoms with Gasteiger partial charge in [-0.1, -0.05) is 63.2 Å². The standard InChI is InChI=1S/C22H26N4/c1-16-9-5-6-10-17(16)15-24-21-23-14-13-20(26-21)25-19-12-8-7-11-18(19)22(2,3)4/h5-14H,15H2,1-4H3,(H2,23,24,25,26). The monoisotopic (exact) mass is 346 g/mol. The third-order valence-electron chi connectivity index (χ3n) is 4.35. The molecule has 0 unspecified atom stereocenters. The summed E-state index contributed by atoms with van der Waals surface area (Å²) in [7, 11) is 0. The maximum atomic E-state index is 4.60. The molecule has 4 heteroatoms. The van der Waals surface area contributed by atoms with Crippen molar-refractivity contribution >= 4 is 17.5 Å². The Morgan fingerprint density at radius 1 is 0.923 bits per heavy atom. The Kier molecular flexibility index (Phi) is 5.21. The fraction of sp³-hybridized carbons (Fsp3) is 0.273. The fourth-order valence-corrected chi connectivity index (χ4v) is 2.88. The van der Waals surface area contributed by atoms with E-state index in [0.29, 0.717) is 12.5 Å². The first-order chi connectivity index (χ1) is 12.4. The minimum absolute atomic E-state index is 0.0581. The molecule has 0 fully saturated rings. The average molecular weight is 346 g/mol. The molecule has 134 valence electrons. The van der Waals surface area contributed by atoms with Crippen molar-refractivity contribution in [2.75, 3.05) is 10.6 Å². The van der Waals surface area contributed by atoms with Crippen LogP contribution in [0, 0.1) is 6.92 Å². The van der Waals surface area contributed by atoms with Crippen LogP contribution in [0.5, 0.6) is 0 Å². The van der Waals surface area contributed by atoms with Crippen LogP contribution in [0.3, 0.4) is 0 Å². The molecule has 0 atom stereocenters. The van der Waals surface area contributed by atoms with Crippen molar-refractivity contribution in [2.45, 2.75) is 39.7 Å². The first-order valence-electron chi connectivity index (χ1n) is 8.91. The molecule has 1 aromatic heterocycles. The van der Waals surface area contributed by atoms with Gasteiger partial charge >= 0.3 is 0 Å². The number of nitrogens with one attached hydrogen (secondary N) is 2. The van der Waals surface area contributed by atoms with Gasteiger partial charge in [-0.25, -0.2) is 4.98 Å². The molecule has 0 aliphatic heterocycles. The molecule has 1 heterocycles. The zero-order valence-electron chi connectivity index (χ0n) is 15.9. The lowest BCUT2D eigenvalue weighted by molar-refractivity contribution is 0.592. The van der Waals surface area contributed by atoms with Crippen molar-refractivity contribution in [1.82, 2.24) is 9.97 Å². The molecule has 0 spiro atoms. The largest absolute Gasteiger partial charge is 0.350 e. The molecule has 3 rings (SSSR count). The van der Waals surface area contributed by atoms with E-state index in [9.17, 15) is 0 Å². The number of nitrogens with zero attached hydrogens (tertiary/aromatic N) is 2. The van der Waals surface area contributed by atoms with Crippen LogP contribution in [0.25, 0.3) is 0 Å². The van der Waals surface area contributed by atoms with Crippen molar-refractivity contribution < 1.29 is 0 Å². The Bertz CT molecular complexity index is 881. The molecule has 26 heavy (non-hydrogen) atoms. The summed E-state index contributed by atoms with van der Waals surface area (Å²) in [5, 5.41) is 6.75. The normalized spacial score (nSPS) is 11.2. The molecule has 2 aromatic carbocycles. The highest BCUT2D eigenvalue weighted by molar-refractivity contribution is 5.62. The molecule has 0 saturated heterocycles. The molecule has 3 aromatic rings. The third kappa shape index (κ3) is 4.39. The lowest BCUT2D eigenvalue weighted by atomic mass is 9.86. The zero-order chi connectivity index (χ0) is 18.6. The molecule has 2 N–H and O–H groups in total. The third-order valence-corrected chi connectivity index (χ3v) is 4.35. The van der Waals surface area contributed by atoms with Gasteiger partial charge in [0.15, 0.2) is 0 Å². The van der Waals surface area contributed by atoms with Gasteiger partial charge in [-0.2, -0.15) is 4.98 Å². The summed E-state index contributed by atoms with van der Waals surface area (Å²) in [6, 6.07) is 18.6. The van der Waals surface area contributed by atoms with Crippen LogP contribution in [0.1, 0.15) is 37.5 Å². The van der Waals surface area contributed by atoms with Crippen LogP contribution in [-0.4, -0.2) is 9.97 Å². The molecular formula is C22H26N4. The number of hydrogen-bond donors (Lipinski definition) is 2. The minimum atomic E-state index is 0.0581. The number of benzene rings is 2. The van der Waals surface area contributed by atoms with E-state index < -0.39 is 0 Å². The average Bonchev–Trinajstić information content (AvgIpc) is 2.61. The van der Waals surface area contributed by atoms with Gasteiger partial charge < -0.3 is 10.6 Å². The zero-order valence-corrected chi connectivity index (χ0v) is 15.9. The number of hydrogen-bond acceptors (Lipinski definition) is 4. The first kappa shape index (κ1) is 17.9. The molecule has 0 aliphatic rings. The summed E-state index contributed by atoms with van der Waals surface area (Å²) < 4.78 is 0. The fourth-order valence-electron chi connectivity index (χ4n) is 2.88. The summed E-state index contributed by atoms with van der Waals surface area (Å²) in [6.45, 7) is 9.45. The summed E-state index contributed by atoms with van der Waals surface area (Å²) >= 11 is 0. The first-order valence-corrected chi connectivity index (χ1v) is 8.91. The molecule has 0 bridgehead atoms. The highest BCUT2D eigenvalue weighted by atomic mass is 15.1. The van der Waals surface area contributed by atoms with Gasteiger partial charge in [-0.3, -0.25) is 0 Å². The van der Waals surface area contributed by atoms with Crippen molar-refractivity contribution in [1.29, 1.82) is 0 Å². The second-order valence-electron chi connectivity index (χ2n) is 7.47. The van der Waals surface area contributed by atoms with E-state index in [4.69, 9.17) is 0 Å². The van der Waals surface area contributed by atoms with Gasteiger partial charge in [0.1, 0.15) is 5.82 Å². The Balaban J connectivity index is 1.75. The quantitative estimate of drug-likeness (QED) is 0.646. The molecule has 0 aliphatic carbocycles. The predicted molar refractivity (Wildman–Crippen MR) is 109 cm³/mol. The maximum Gasteiger partial charge on any atom is 0.224 e. The lowest BCUT2D eigenvalue weighted by Crippen LogP contribution is -2.14. The van der Waals surface area contributed by atoms with E-state index in [1.807, 2.05) is 24.3 Å². The molecule has 0 saturated carbocycles. The summed E-state index contributed by atoms with van der Waals surface area (Å²) in [5.41, 5.74) is 4.89. The maximum absolute atomic E-state index is 4.60. The second-order valence-corrected chi connectivity index (χ2v) is 7.47. The number of aromatic nitrogens is 2. The summed E-state index contributed by atoms with van der Waals surface area (Å²) in [6.07, 6.45) is 1.77. The van der Waals surface area contributed by atoms with Crippen molar-refractivity contribution in [3.8, 4) is 0 Å². The van der Waals surface area contributed by atoms with Crippen LogP contribution < -0.4 is 10.6 Å². The topological polar surface area (TPSA) is 49.8 Å². The SMILES string of the molecule is Cc1ccccc1CNc1nccc(Nc2ccccc2C(C)(C)C)n1. The number of anilines is 3. The van der Waals surface area contributed by atoms with E-state index in [0.717, 1.165) is 11.5 Å². The number of aryl methyl sites for hydroxylation is 1. The number of rotatable bonds is 5. The highest BCUT2D eigenvalue weighted by Gasteiger charge is 2.17. The highest BCUT2D eigenvalue weighted by Crippen LogP contribution is 2.30. The Morgan fingerprint density at radius 2 is 1.65 bits per heavy atom. The minimum Gasteiger partial charge on any atom is -0.350 e. The smallest absolute Gasteiger partial charge is 0.224 e. The van der Waals surface area contributed by atoms with Crippen LogP contribution in [-0.2, 0) is 12.0 Å². The van der Waals surface area contributed by atoms with Crippen LogP contribution in [0.15, 0.2) is 60.8 Å². The van der Waals surface area contributed by atoms with Crippen molar-refractivity contribution in [3.63, 3.8) is 0 Å². The Labute approximate surface area is 155 Å². The van der Waals surface area contributed by atoms with Gasteiger partial charge in [0.25, 0.3) is 0 Å². The van der Waals surface area contributed by atoms with Gasteiger partial charge in [0, 0.05) is 18.4 Å². The Morgan fingerprint density at radius 3 is 2.42 bits per heavy atom. The summed E-state index contributed by atoms with van der Waals surface area (Å²) in [4.78, 5) is 8.94. The van der Waals surface area contributed by atoms with Gasteiger partial charge in [0.05, 0.1) is 0 Å². The van der Waals surface area contributed by atoms with Crippen molar-refractivity contribution in [2.24, 2.45) is 0 Å². The molecule has 0 radical (unpaired) electrons. The second kappa shape index (κ2) is 7.56. The summed E-state index contributed by atoms with van der Waals surface area (Å²) in [5.74, 6) is 1.40. The van der Waals surface area contributed by atoms with E-state index >= 15 is 0 Å². The van der Waals surface area contributed by atoms with Gasteiger partial charge in [0.2, 0.25) is 5.95 Å². The van der Waals surface area contributed by atoms with Crippen LogP contribution in [0.2, 0.25) is 0 Å². The molecular weight excluding hydrogens is 320 g/mol. The lowest BCUT2D eigenvalue weighted by Gasteiger charge is -2.23. The van der Waals surface area contributed by atoms with Crippen molar-refractivity contribution in [3.05, 3.63) is 77.5 Å². The van der Waals surface area contributed by atoms with E-state index in [2.05, 4.69) is 78.6 Å². The van der Waals surface area contributed by atoms with E-state index in [-0.39, 0.29) is 5.41 Å². The van der Waals surface area contributed by atoms with Gasteiger partial charge in [-0.05, 0) is 41.2 Å². The van der Waals surface area contributed by atoms with E-state index in [1.54, 1.807) is 6.20 Å². The predicted octanol–water partition coefficient (Wildman–Crippen LogP) is 5.44. The molecule has 4 nitrogen and oxygen atoms in total. The van der Waals surface area contributed by atoms with Crippen LogP contribution >= 0.6 is 0 Å². The Hall–Kier alpha value is -2.88. The van der Waals surface area contributed by atoms with Gasteiger partial charge in [-0.15, -0.1) is 0 Å². The number of para-hydroxylation sites is 1. The molecule has 0 amide bonds.